The van der Waals surface area contributed by atoms with Crippen molar-refractivity contribution in [1.29, 1.82) is 0 Å². The van der Waals surface area contributed by atoms with E-state index in [-0.39, 0.29) is 12.0 Å². The molecule has 2 unspecified atom stereocenters. The van der Waals surface area contributed by atoms with Gasteiger partial charge in [0.1, 0.15) is 0 Å². The molecule has 0 amide bonds. The summed E-state index contributed by atoms with van der Waals surface area (Å²) in [5.74, 6) is -0.717. The molecule has 1 saturated heterocycles. The van der Waals surface area contributed by atoms with Crippen molar-refractivity contribution in [2.45, 2.75) is 19.4 Å². The molecule has 0 saturated carbocycles. The lowest BCUT2D eigenvalue weighted by atomic mass is 9.97. The lowest BCUT2D eigenvalue weighted by molar-refractivity contribution is -0.131. The largest absolute Gasteiger partial charge is 0.478 e. The normalized spacial score (nSPS) is 29.5. The second kappa shape index (κ2) is 4.28. The summed E-state index contributed by atoms with van der Waals surface area (Å²) in [6.07, 6.45) is 3.18. The number of hydrogen-bond acceptors (Lipinski definition) is 3. The fourth-order valence-corrected chi connectivity index (χ4v) is 1.47. The number of carboxylic acid groups (broad SMARTS) is 1. The van der Waals surface area contributed by atoms with Crippen LogP contribution < -0.4 is 0 Å². The minimum absolute atomic E-state index is 0.215. The molecule has 2 N–H and O–H groups in total. The fourth-order valence-electron chi connectivity index (χ4n) is 1.47. The van der Waals surface area contributed by atoms with Gasteiger partial charge in [-0.3, -0.25) is 0 Å². The number of carboxylic acids is 1. The summed E-state index contributed by atoms with van der Waals surface area (Å²) < 4.78 is 0. The Morgan fingerprint density at radius 3 is 2.85 bits per heavy atom. The third-order valence-electron chi connectivity index (χ3n) is 2.32. The SMILES string of the molecule is CC1CN(/C=C/C(=O)O)CCC1O. The van der Waals surface area contributed by atoms with Gasteiger partial charge in [0.15, 0.2) is 0 Å². The topological polar surface area (TPSA) is 60.8 Å². The highest BCUT2D eigenvalue weighted by Crippen LogP contribution is 2.16. The third-order valence-corrected chi connectivity index (χ3v) is 2.32. The van der Waals surface area contributed by atoms with Gasteiger partial charge < -0.3 is 15.1 Å². The second-order valence-electron chi connectivity index (χ2n) is 3.48. The first kappa shape index (κ1) is 10.1. The average Bonchev–Trinajstić information content (AvgIpc) is 2.07. The molecule has 1 aliphatic heterocycles. The molecule has 13 heavy (non-hydrogen) atoms. The number of aliphatic hydroxyl groups excluding tert-OH is 1. The zero-order valence-corrected chi connectivity index (χ0v) is 7.68. The summed E-state index contributed by atoms with van der Waals surface area (Å²) in [6.45, 7) is 3.42. The molecule has 0 aromatic rings. The molecular weight excluding hydrogens is 170 g/mol. The van der Waals surface area contributed by atoms with Gasteiger partial charge in [-0.2, -0.15) is 0 Å². The molecule has 0 aromatic heterocycles. The standard InChI is InChI=1S/C9H15NO3/c1-7-6-10(4-2-8(7)11)5-3-9(12)13/h3,5,7-8,11H,2,4,6H2,1H3,(H,12,13)/b5-3+. The van der Waals surface area contributed by atoms with Crippen LogP contribution >= 0.6 is 0 Å². The summed E-state index contributed by atoms with van der Waals surface area (Å²) >= 11 is 0. The molecule has 1 aliphatic rings. The lowest BCUT2D eigenvalue weighted by Gasteiger charge is -2.33. The quantitative estimate of drug-likeness (QED) is 0.607. The molecule has 4 heteroatoms. The van der Waals surface area contributed by atoms with Crippen LogP contribution in [0, 0.1) is 5.92 Å². The first-order chi connectivity index (χ1) is 6.09. The molecule has 74 valence electrons. The van der Waals surface area contributed by atoms with E-state index < -0.39 is 5.97 Å². The molecule has 1 heterocycles. The first-order valence-electron chi connectivity index (χ1n) is 4.43. The number of carbonyl (C=O) groups is 1. The van der Waals surface area contributed by atoms with Crippen LogP contribution in [0.4, 0.5) is 0 Å². The molecular formula is C9H15NO3. The summed E-state index contributed by atoms with van der Waals surface area (Å²) in [5.41, 5.74) is 0. The van der Waals surface area contributed by atoms with E-state index in [0.29, 0.717) is 6.42 Å². The molecule has 0 bridgehead atoms. The monoisotopic (exact) mass is 185 g/mol. The van der Waals surface area contributed by atoms with Gasteiger partial charge in [0.2, 0.25) is 0 Å². The Hall–Kier alpha value is -1.03. The van der Waals surface area contributed by atoms with Gasteiger partial charge in [-0.25, -0.2) is 4.79 Å². The van der Waals surface area contributed by atoms with E-state index in [1.165, 1.54) is 0 Å². The number of nitrogens with zero attached hydrogens (tertiary/aromatic N) is 1. The maximum Gasteiger partial charge on any atom is 0.329 e. The highest BCUT2D eigenvalue weighted by atomic mass is 16.4. The predicted molar refractivity (Wildman–Crippen MR) is 48.1 cm³/mol. The molecule has 0 aliphatic carbocycles. The zero-order chi connectivity index (χ0) is 9.84. The maximum atomic E-state index is 10.2. The van der Waals surface area contributed by atoms with E-state index in [4.69, 9.17) is 5.11 Å². The van der Waals surface area contributed by atoms with Crippen molar-refractivity contribution in [3.63, 3.8) is 0 Å². The van der Waals surface area contributed by atoms with Crippen LogP contribution in [-0.4, -0.2) is 40.3 Å². The van der Waals surface area contributed by atoms with Crippen molar-refractivity contribution in [1.82, 2.24) is 4.90 Å². The van der Waals surface area contributed by atoms with Crippen LogP contribution in [0.3, 0.4) is 0 Å². The second-order valence-corrected chi connectivity index (χ2v) is 3.48. The van der Waals surface area contributed by atoms with Gasteiger partial charge in [0.05, 0.1) is 6.10 Å². The maximum absolute atomic E-state index is 10.2. The summed E-state index contributed by atoms with van der Waals surface area (Å²) in [7, 11) is 0. The van der Waals surface area contributed by atoms with Crippen molar-refractivity contribution < 1.29 is 15.0 Å². The van der Waals surface area contributed by atoms with Crippen LogP contribution in [0.15, 0.2) is 12.3 Å². The molecule has 0 radical (unpaired) electrons. The van der Waals surface area contributed by atoms with Crippen LogP contribution in [0.1, 0.15) is 13.3 Å². The van der Waals surface area contributed by atoms with Gasteiger partial charge in [0, 0.05) is 25.4 Å². The van der Waals surface area contributed by atoms with Crippen LogP contribution in [0.5, 0.6) is 0 Å². The Balaban J connectivity index is 2.42. The van der Waals surface area contributed by atoms with Crippen molar-refractivity contribution in [3.8, 4) is 0 Å². The van der Waals surface area contributed by atoms with Crippen molar-refractivity contribution in [2.24, 2.45) is 5.92 Å². The van der Waals surface area contributed by atoms with Crippen LogP contribution in [0.2, 0.25) is 0 Å². The first-order valence-corrected chi connectivity index (χ1v) is 4.43. The number of hydrogen-bond donors (Lipinski definition) is 2. The Bertz CT molecular complexity index is 215. The molecule has 1 rings (SSSR count). The predicted octanol–water partition coefficient (Wildman–Crippen LogP) is 0.287. The fraction of sp³-hybridized carbons (Fsp3) is 0.667. The van der Waals surface area contributed by atoms with Gasteiger partial charge in [-0.15, -0.1) is 0 Å². The number of likely N-dealkylation sites (tertiary alicyclic amines) is 1. The molecule has 0 aromatic carbocycles. The summed E-state index contributed by atoms with van der Waals surface area (Å²) in [6, 6.07) is 0. The highest BCUT2D eigenvalue weighted by Gasteiger charge is 2.21. The number of aliphatic carboxylic acids is 1. The molecule has 1 fully saturated rings. The van der Waals surface area contributed by atoms with E-state index >= 15 is 0 Å². The van der Waals surface area contributed by atoms with Gasteiger partial charge in [0.25, 0.3) is 0 Å². The van der Waals surface area contributed by atoms with Gasteiger partial charge >= 0.3 is 5.97 Å². The minimum Gasteiger partial charge on any atom is -0.478 e. The number of piperidine rings is 1. The minimum atomic E-state index is -0.932. The average molecular weight is 185 g/mol. The van der Waals surface area contributed by atoms with E-state index in [9.17, 15) is 9.90 Å². The van der Waals surface area contributed by atoms with Gasteiger partial charge in [-0.1, -0.05) is 6.92 Å². The number of aliphatic hydroxyl groups is 1. The zero-order valence-electron chi connectivity index (χ0n) is 7.68. The Morgan fingerprint density at radius 2 is 2.31 bits per heavy atom. The lowest BCUT2D eigenvalue weighted by Crippen LogP contribution is -2.39. The van der Waals surface area contributed by atoms with E-state index in [2.05, 4.69) is 0 Å². The summed E-state index contributed by atoms with van der Waals surface area (Å²) in [4.78, 5) is 12.1. The number of rotatable bonds is 2. The summed E-state index contributed by atoms with van der Waals surface area (Å²) in [5, 5.41) is 17.8. The Labute approximate surface area is 77.5 Å². The smallest absolute Gasteiger partial charge is 0.329 e. The van der Waals surface area contributed by atoms with Crippen molar-refractivity contribution in [3.05, 3.63) is 12.3 Å². The molecule has 4 nitrogen and oxygen atoms in total. The van der Waals surface area contributed by atoms with Crippen molar-refractivity contribution in [2.75, 3.05) is 13.1 Å². The highest BCUT2D eigenvalue weighted by molar-refractivity contribution is 5.79. The van der Waals surface area contributed by atoms with Crippen LogP contribution in [0.25, 0.3) is 0 Å². The van der Waals surface area contributed by atoms with E-state index in [0.717, 1.165) is 19.2 Å². The van der Waals surface area contributed by atoms with Crippen LogP contribution in [-0.2, 0) is 4.79 Å². The van der Waals surface area contributed by atoms with E-state index in [1.807, 2.05) is 11.8 Å². The molecule has 0 spiro atoms. The molecule has 2 atom stereocenters. The third kappa shape index (κ3) is 3.06. The Kier molecular flexibility index (Phi) is 3.31. The van der Waals surface area contributed by atoms with E-state index in [1.54, 1.807) is 6.20 Å². The van der Waals surface area contributed by atoms with Crippen molar-refractivity contribution >= 4 is 5.97 Å². The Morgan fingerprint density at radius 1 is 1.62 bits per heavy atom. The van der Waals surface area contributed by atoms with Gasteiger partial charge in [-0.05, 0) is 12.3 Å².